The van der Waals surface area contributed by atoms with Crippen molar-refractivity contribution in [2.24, 2.45) is 5.73 Å². The van der Waals surface area contributed by atoms with Gasteiger partial charge in [-0.25, -0.2) is 4.79 Å². The van der Waals surface area contributed by atoms with E-state index in [0.29, 0.717) is 16.1 Å². The van der Waals surface area contributed by atoms with Crippen molar-refractivity contribution in [3.8, 4) is 0 Å². The van der Waals surface area contributed by atoms with Crippen LogP contribution in [0.2, 0.25) is 0 Å². The number of nitro groups is 1. The number of hydrogen-bond donors (Lipinski definition) is 2. The van der Waals surface area contributed by atoms with E-state index in [0.717, 1.165) is 35.8 Å². The number of nitro benzene ring substituents is 1. The maximum atomic E-state index is 12.5. The van der Waals surface area contributed by atoms with E-state index in [1.807, 2.05) is 0 Å². The van der Waals surface area contributed by atoms with Crippen molar-refractivity contribution in [2.45, 2.75) is 39.2 Å². The molecule has 10 heteroatoms. The van der Waals surface area contributed by atoms with Crippen molar-refractivity contribution in [3.05, 3.63) is 55.4 Å². The summed E-state index contributed by atoms with van der Waals surface area (Å²) in [5, 5.41) is 14.0. The molecule has 29 heavy (non-hydrogen) atoms. The van der Waals surface area contributed by atoms with Gasteiger partial charge >= 0.3 is 5.97 Å². The second kappa shape index (κ2) is 8.00. The fourth-order valence-electron chi connectivity index (χ4n) is 3.18. The Morgan fingerprint density at radius 3 is 2.69 bits per heavy atom. The van der Waals surface area contributed by atoms with Crippen LogP contribution in [0.1, 0.15) is 50.1 Å². The molecule has 0 fully saturated rings. The molecule has 0 aliphatic heterocycles. The quantitative estimate of drug-likeness (QED) is 0.420. The first-order valence-corrected chi connectivity index (χ1v) is 9.72. The number of amides is 2. The Kier molecular flexibility index (Phi) is 5.64. The van der Waals surface area contributed by atoms with Crippen LogP contribution in [-0.4, -0.2) is 28.8 Å². The normalized spacial score (nSPS) is 13.4. The van der Waals surface area contributed by atoms with Crippen LogP contribution in [0.4, 0.5) is 10.7 Å². The molecule has 1 aliphatic carbocycles. The van der Waals surface area contributed by atoms with Crippen molar-refractivity contribution >= 4 is 39.8 Å². The molecule has 0 bridgehead atoms. The monoisotopic (exact) mass is 417 g/mol. The van der Waals surface area contributed by atoms with Gasteiger partial charge in [-0.3, -0.25) is 19.7 Å². The highest BCUT2D eigenvalue weighted by molar-refractivity contribution is 7.17. The highest BCUT2D eigenvalue weighted by atomic mass is 32.1. The van der Waals surface area contributed by atoms with E-state index >= 15 is 0 Å². The van der Waals surface area contributed by atoms with E-state index in [1.54, 1.807) is 6.92 Å². The van der Waals surface area contributed by atoms with Gasteiger partial charge in [-0.1, -0.05) is 6.07 Å². The van der Waals surface area contributed by atoms with Crippen LogP contribution in [-0.2, 0) is 22.4 Å². The third-order valence-corrected chi connectivity index (χ3v) is 5.91. The number of anilines is 1. The highest BCUT2D eigenvalue weighted by Crippen LogP contribution is 2.38. The van der Waals surface area contributed by atoms with Crippen LogP contribution in [0.3, 0.4) is 0 Å². The van der Waals surface area contributed by atoms with E-state index in [9.17, 15) is 24.5 Å². The summed E-state index contributed by atoms with van der Waals surface area (Å²) >= 11 is 1.30. The maximum Gasteiger partial charge on any atom is 0.339 e. The van der Waals surface area contributed by atoms with Gasteiger partial charge < -0.3 is 15.8 Å². The molecule has 0 unspecified atom stereocenters. The lowest BCUT2D eigenvalue weighted by Gasteiger charge is -2.14. The van der Waals surface area contributed by atoms with Gasteiger partial charge in [0.05, 0.1) is 16.1 Å². The number of ether oxygens (including phenoxy) is 1. The van der Waals surface area contributed by atoms with E-state index in [1.165, 1.54) is 30.4 Å². The molecule has 2 amide bonds. The Morgan fingerprint density at radius 1 is 1.31 bits per heavy atom. The maximum absolute atomic E-state index is 12.5. The molecule has 3 N–H and O–H groups in total. The number of esters is 1. The number of fused-ring (bicyclic) bond motifs is 1. The van der Waals surface area contributed by atoms with Crippen LogP contribution in [0.25, 0.3) is 0 Å². The van der Waals surface area contributed by atoms with Crippen molar-refractivity contribution < 1.29 is 24.0 Å². The first kappa shape index (κ1) is 20.5. The van der Waals surface area contributed by atoms with Crippen LogP contribution in [0, 0.1) is 17.0 Å². The number of nitrogens with zero attached hydrogens (tertiary/aromatic N) is 1. The summed E-state index contributed by atoms with van der Waals surface area (Å²) in [6, 6.07) is 3.94. The van der Waals surface area contributed by atoms with Gasteiger partial charge in [0, 0.05) is 16.5 Å². The van der Waals surface area contributed by atoms with E-state index in [2.05, 4.69) is 5.32 Å². The second-order valence-electron chi connectivity index (χ2n) is 6.72. The minimum absolute atomic E-state index is 0.0325. The zero-order chi connectivity index (χ0) is 21.3. The summed E-state index contributed by atoms with van der Waals surface area (Å²) < 4.78 is 5.14. The number of thiophene rings is 1. The number of carbonyl (C=O) groups excluding carboxylic acids is 3. The van der Waals surface area contributed by atoms with Gasteiger partial charge in [0.2, 0.25) is 0 Å². The third-order valence-electron chi connectivity index (χ3n) is 4.70. The average Bonchev–Trinajstić information content (AvgIpc) is 3.21. The standard InChI is InChI=1S/C19H19N3O6S/c1-9-6-7-11(8-13(9)22(26)27)19(25)28-10(2)17(24)21-18-15(16(20)23)12-4-3-5-14(12)29-18/h6-8,10H,3-5H2,1-2H3,(H2,20,23)(H,21,24)/t10-/m0/s1. The molecule has 0 saturated heterocycles. The SMILES string of the molecule is Cc1ccc(C(=O)O[C@@H](C)C(=O)Nc2sc3c(c2C(N)=O)CCC3)cc1[N+](=O)[O-]. The van der Waals surface area contributed by atoms with E-state index in [4.69, 9.17) is 10.5 Å². The lowest BCUT2D eigenvalue weighted by Crippen LogP contribution is -2.30. The Morgan fingerprint density at radius 2 is 2.03 bits per heavy atom. The van der Waals surface area contributed by atoms with Crippen LogP contribution >= 0.6 is 11.3 Å². The predicted octanol–water partition coefficient (Wildman–Crippen LogP) is 2.74. The smallest absolute Gasteiger partial charge is 0.339 e. The number of rotatable bonds is 6. The molecule has 3 rings (SSSR count). The van der Waals surface area contributed by atoms with Crippen molar-refractivity contribution in [1.82, 2.24) is 0 Å². The summed E-state index contributed by atoms with van der Waals surface area (Å²) in [7, 11) is 0. The first-order valence-electron chi connectivity index (χ1n) is 8.90. The first-order chi connectivity index (χ1) is 13.7. The van der Waals surface area contributed by atoms with Crippen molar-refractivity contribution in [1.29, 1.82) is 0 Å². The topological polar surface area (TPSA) is 142 Å². The Labute approximate surface area is 170 Å². The number of hydrogen-bond acceptors (Lipinski definition) is 7. The van der Waals surface area contributed by atoms with Crippen LogP contribution < -0.4 is 11.1 Å². The lowest BCUT2D eigenvalue weighted by molar-refractivity contribution is -0.385. The molecule has 1 aromatic heterocycles. The minimum Gasteiger partial charge on any atom is -0.449 e. The molecule has 1 aliphatic rings. The molecule has 1 heterocycles. The molecule has 1 aromatic carbocycles. The number of nitrogens with one attached hydrogen (secondary N) is 1. The zero-order valence-corrected chi connectivity index (χ0v) is 16.6. The van der Waals surface area contributed by atoms with E-state index in [-0.39, 0.29) is 11.3 Å². The van der Waals surface area contributed by atoms with Gasteiger partial charge in [-0.05, 0) is 44.7 Å². The fraction of sp³-hybridized carbons (Fsp3) is 0.316. The zero-order valence-electron chi connectivity index (χ0n) is 15.8. The number of aryl methyl sites for hydroxylation is 2. The minimum atomic E-state index is -1.18. The lowest BCUT2D eigenvalue weighted by atomic mass is 10.1. The summed E-state index contributed by atoms with van der Waals surface area (Å²) in [5.74, 6) is -2.10. The molecule has 2 aromatic rings. The Bertz CT molecular complexity index is 1030. The largest absolute Gasteiger partial charge is 0.449 e. The Hall–Kier alpha value is -3.27. The highest BCUT2D eigenvalue weighted by Gasteiger charge is 2.28. The third kappa shape index (κ3) is 4.11. The number of benzene rings is 1. The molecule has 0 saturated carbocycles. The fourth-order valence-corrected chi connectivity index (χ4v) is 4.48. The number of carbonyl (C=O) groups is 3. The second-order valence-corrected chi connectivity index (χ2v) is 7.83. The van der Waals surface area contributed by atoms with Gasteiger partial charge in [0.25, 0.3) is 17.5 Å². The summed E-state index contributed by atoms with van der Waals surface area (Å²) in [6.45, 7) is 2.93. The van der Waals surface area contributed by atoms with Crippen molar-refractivity contribution in [3.63, 3.8) is 0 Å². The van der Waals surface area contributed by atoms with E-state index < -0.39 is 28.8 Å². The molecule has 152 valence electrons. The van der Waals surface area contributed by atoms with Gasteiger partial charge in [-0.2, -0.15) is 0 Å². The molecule has 0 spiro atoms. The summed E-state index contributed by atoms with van der Waals surface area (Å²) in [4.78, 5) is 48.0. The number of primary amides is 1. The molecule has 9 nitrogen and oxygen atoms in total. The number of nitrogens with two attached hydrogens (primary N) is 1. The molecule has 0 radical (unpaired) electrons. The van der Waals surface area contributed by atoms with Gasteiger partial charge in [-0.15, -0.1) is 11.3 Å². The molecular formula is C19H19N3O6S. The predicted molar refractivity (Wildman–Crippen MR) is 106 cm³/mol. The molecule has 1 atom stereocenters. The van der Waals surface area contributed by atoms with Crippen LogP contribution in [0.5, 0.6) is 0 Å². The van der Waals surface area contributed by atoms with Gasteiger partial charge in [0.15, 0.2) is 6.10 Å². The Balaban J connectivity index is 1.72. The average molecular weight is 417 g/mol. The summed E-state index contributed by atoms with van der Waals surface area (Å²) in [5.41, 5.74) is 6.81. The van der Waals surface area contributed by atoms with Gasteiger partial charge in [0.1, 0.15) is 5.00 Å². The van der Waals surface area contributed by atoms with Crippen LogP contribution in [0.15, 0.2) is 18.2 Å². The summed E-state index contributed by atoms with van der Waals surface area (Å²) in [6.07, 6.45) is 1.32. The molecular weight excluding hydrogens is 398 g/mol. The van der Waals surface area contributed by atoms with Crippen molar-refractivity contribution in [2.75, 3.05) is 5.32 Å².